The van der Waals surface area contributed by atoms with Gasteiger partial charge in [0.25, 0.3) is 5.91 Å². The summed E-state index contributed by atoms with van der Waals surface area (Å²) in [6.45, 7) is -0.101. The zero-order valence-electron chi connectivity index (χ0n) is 10.9. The second-order valence-electron chi connectivity index (χ2n) is 4.22. The number of carbonyl (C=O) groups excluding carboxylic acids is 2. The Kier molecular flexibility index (Phi) is 5.58. The molecule has 0 saturated heterocycles. The van der Waals surface area contributed by atoms with Gasteiger partial charge >= 0.3 is 0 Å². The maximum Gasteiger partial charge on any atom is 0.252 e. The molecule has 0 radical (unpaired) electrons. The van der Waals surface area contributed by atoms with Crippen LogP contribution in [0.3, 0.4) is 0 Å². The van der Waals surface area contributed by atoms with Crippen LogP contribution >= 0.6 is 34.2 Å². The van der Waals surface area contributed by atoms with Crippen LogP contribution in [0.5, 0.6) is 0 Å². The van der Waals surface area contributed by atoms with E-state index in [-0.39, 0.29) is 18.4 Å². The van der Waals surface area contributed by atoms with E-state index in [0.717, 1.165) is 3.57 Å². The summed E-state index contributed by atoms with van der Waals surface area (Å²) in [5, 5.41) is 5.79. The van der Waals surface area contributed by atoms with Gasteiger partial charge in [-0.15, -0.1) is 0 Å². The quantitative estimate of drug-likeness (QED) is 0.754. The summed E-state index contributed by atoms with van der Waals surface area (Å²) in [5.41, 5.74) is 1.14. The van der Waals surface area contributed by atoms with Gasteiger partial charge < -0.3 is 10.6 Å². The number of carbonyl (C=O) groups is 2. The molecule has 0 unspecified atom stereocenters. The number of nitrogens with one attached hydrogen (secondary N) is 2. The monoisotopic (exact) mass is 414 g/mol. The predicted octanol–water partition coefficient (Wildman–Crippen LogP) is 3.31. The second kappa shape index (κ2) is 7.42. The molecule has 0 aliphatic rings. The molecule has 108 valence electrons. The fourth-order valence-corrected chi connectivity index (χ4v) is 2.50. The number of halogens is 2. The molecule has 0 saturated carbocycles. The van der Waals surface area contributed by atoms with Gasteiger partial charge in [-0.2, -0.15) is 0 Å². The Hall–Kier alpha value is -1.60. The minimum Gasteiger partial charge on any atom is -0.343 e. The molecule has 2 aromatic carbocycles. The zero-order chi connectivity index (χ0) is 15.2. The van der Waals surface area contributed by atoms with E-state index in [1.54, 1.807) is 36.4 Å². The molecule has 2 amide bonds. The zero-order valence-corrected chi connectivity index (χ0v) is 13.8. The van der Waals surface area contributed by atoms with E-state index in [9.17, 15) is 9.59 Å². The number of hydrogen-bond donors (Lipinski definition) is 2. The molecule has 2 rings (SSSR count). The van der Waals surface area contributed by atoms with Crippen LogP contribution in [0.1, 0.15) is 10.4 Å². The topological polar surface area (TPSA) is 58.2 Å². The first-order valence-electron chi connectivity index (χ1n) is 6.14. The third-order valence-corrected chi connectivity index (χ3v) is 3.81. The third-order valence-electron chi connectivity index (χ3n) is 2.64. The van der Waals surface area contributed by atoms with Gasteiger partial charge in [-0.25, -0.2) is 0 Å². The average Bonchev–Trinajstić information content (AvgIpc) is 2.45. The van der Waals surface area contributed by atoms with Crippen molar-refractivity contribution in [2.24, 2.45) is 0 Å². The second-order valence-corrected chi connectivity index (χ2v) is 5.82. The summed E-state index contributed by atoms with van der Waals surface area (Å²) in [5.74, 6) is -0.585. The molecule has 0 aliphatic heterocycles. The van der Waals surface area contributed by atoms with Crippen LogP contribution in [-0.2, 0) is 4.79 Å². The van der Waals surface area contributed by atoms with Gasteiger partial charge in [0, 0.05) is 14.3 Å². The maximum absolute atomic E-state index is 12.0. The molecule has 0 aromatic heterocycles. The van der Waals surface area contributed by atoms with Crippen LogP contribution < -0.4 is 10.6 Å². The normalized spacial score (nSPS) is 10.0. The molecule has 2 aromatic rings. The van der Waals surface area contributed by atoms with Crippen LogP contribution in [0.4, 0.5) is 5.69 Å². The molecule has 2 N–H and O–H groups in total. The highest BCUT2D eigenvalue weighted by atomic mass is 127. The van der Waals surface area contributed by atoms with Crippen molar-refractivity contribution in [1.29, 1.82) is 0 Å². The van der Waals surface area contributed by atoms with E-state index in [1.165, 1.54) is 0 Å². The first-order valence-corrected chi connectivity index (χ1v) is 7.60. The molecule has 4 nitrogen and oxygen atoms in total. The standard InChI is InChI=1S/C15H12ClIN2O2/c16-10-4-3-5-11(8-10)19-14(20)9-18-15(21)12-6-1-2-7-13(12)17/h1-8H,9H2,(H,18,21)(H,19,20). The minimum atomic E-state index is -0.309. The van der Waals surface area contributed by atoms with Gasteiger partial charge in [-0.1, -0.05) is 29.8 Å². The van der Waals surface area contributed by atoms with E-state index in [4.69, 9.17) is 11.6 Å². The third kappa shape index (κ3) is 4.71. The summed E-state index contributed by atoms with van der Waals surface area (Å²) in [6.07, 6.45) is 0. The number of rotatable bonds is 4. The molecule has 6 heteroatoms. The summed E-state index contributed by atoms with van der Waals surface area (Å²) >= 11 is 7.91. The van der Waals surface area contributed by atoms with E-state index < -0.39 is 0 Å². The highest BCUT2D eigenvalue weighted by Crippen LogP contribution is 2.14. The largest absolute Gasteiger partial charge is 0.343 e. The Morgan fingerprint density at radius 2 is 1.86 bits per heavy atom. The van der Waals surface area contributed by atoms with Crippen LogP contribution in [0.2, 0.25) is 5.02 Å². The highest BCUT2D eigenvalue weighted by Gasteiger charge is 2.10. The van der Waals surface area contributed by atoms with Gasteiger partial charge in [0.15, 0.2) is 0 Å². The molecule has 0 bridgehead atoms. The Balaban J connectivity index is 1.90. The van der Waals surface area contributed by atoms with Crippen molar-refractivity contribution in [1.82, 2.24) is 5.32 Å². The summed E-state index contributed by atoms with van der Waals surface area (Å²) < 4.78 is 0.836. The molecule has 0 atom stereocenters. The van der Waals surface area contributed by atoms with E-state index in [1.807, 2.05) is 12.1 Å². The van der Waals surface area contributed by atoms with Crippen molar-refractivity contribution in [2.75, 3.05) is 11.9 Å². The Bertz CT molecular complexity index is 676. The highest BCUT2D eigenvalue weighted by molar-refractivity contribution is 14.1. The van der Waals surface area contributed by atoms with Crippen LogP contribution in [0.15, 0.2) is 48.5 Å². The molecular weight excluding hydrogens is 403 g/mol. The molecule has 0 fully saturated rings. The number of amides is 2. The van der Waals surface area contributed by atoms with Crippen molar-refractivity contribution >= 4 is 51.7 Å². The lowest BCUT2D eigenvalue weighted by molar-refractivity contribution is -0.115. The fourth-order valence-electron chi connectivity index (χ4n) is 1.67. The predicted molar refractivity (Wildman–Crippen MR) is 91.6 cm³/mol. The van der Waals surface area contributed by atoms with Crippen molar-refractivity contribution in [2.45, 2.75) is 0 Å². The SMILES string of the molecule is O=C(CNC(=O)c1ccccc1I)Nc1cccc(Cl)c1. The average molecular weight is 415 g/mol. The van der Waals surface area contributed by atoms with Gasteiger partial charge in [0.2, 0.25) is 5.91 Å². The van der Waals surface area contributed by atoms with Crippen LogP contribution in [-0.4, -0.2) is 18.4 Å². The summed E-state index contributed by atoms with van der Waals surface area (Å²) in [4.78, 5) is 23.7. The first-order chi connectivity index (χ1) is 10.1. The molecule has 21 heavy (non-hydrogen) atoms. The smallest absolute Gasteiger partial charge is 0.252 e. The van der Waals surface area contributed by atoms with E-state index in [2.05, 4.69) is 33.2 Å². The number of hydrogen-bond acceptors (Lipinski definition) is 2. The Morgan fingerprint density at radius 1 is 1.10 bits per heavy atom. The molecule has 0 aliphatic carbocycles. The number of anilines is 1. The summed E-state index contributed by atoms with van der Waals surface area (Å²) in [7, 11) is 0. The first kappa shape index (κ1) is 15.8. The fraction of sp³-hybridized carbons (Fsp3) is 0.0667. The maximum atomic E-state index is 12.0. The van der Waals surface area contributed by atoms with Crippen molar-refractivity contribution < 1.29 is 9.59 Å². The van der Waals surface area contributed by atoms with E-state index in [0.29, 0.717) is 16.3 Å². The van der Waals surface area contributed by atoms with Crippen molar-refractivity contribution in [3.8, 4) is 0 Å². The Morgan fingerprint density at radius 3 is 2.57 bits per heavy atom. The Labute approximate surface area is 141 Å². The van der Waals surface area contributed by atoms with Gasteiger partial charge in [0.05, 0.1) is 12.1 Å². The molecule has 0 spiro atoms. The van der Waals surface area contributed by atoms with Crippen molar-refractivity contribution in [3.63, 3.8) is 0 Å². The lowest BCUT2D eigenvalue weighted by Crippen LogP contribution is -2.33. The van der Waals surface area contributed by atoms with Gasteiger partial charge in [-0.3, -0.25) is 9.59 Å². The minimum absolute atomic E-state index is 0.101. The van der Waals surface area contributed by atoms with Crippen LogP contribution in [0.25, 0.3) is 0 Å². The van der Waals surface area contributed by atoms with Crippen molar-refractivity contribution in [3.05, 3.63) is 62.7 Å². The van der Waals surface area contributed by atoms with Gasteiger partial charge in [-0.05, 0) is 52.9 Å². The summed E-state index contributed by atoms with van der Waals surface area (Å²) in [6, 6.07) is 14.0. The number of benzene rings is 2. The van der Waals surface area contributed by atoms with Crippen LogP contribution in [0, 0.1) is 3.57 Å². The molecular formula is C15H12ClIN2O2. The van der Waals surface area contributed by atoms with Gasteiger partial charge in [0.1, 0.15) is 0 Å². The van der Waals surface area contributed by atoms with E-state index >= 15 is 0 Å². The molecule has 0 heterocycles. The lowest BCUT2D eigenvalue weighted by Gasteiger charge is -2.08. The lowest BCUT2D eigenvalue weighted by atomic mass is 10.2.